The Hall–Kier alpha value is -1.13. The van der Waals surface area contributed by atoms with Crippen LogP contribution in [0.5, 0.6) is 0 Å². The van der Waals surface area contributed by atoms with Crippen LogP contribution in [0.25, 0.3) is 0 Å². The Bertz CT molecular complexity index is 479. The van der Waals surface area contributed by atoms with Crippen LogP contribution in [-0.2, 0) is 9.84 Å². The molecule has 1 heterocycles. The van der Waals surface area contributed by atoms with Crippen LogP contribution in [0.4, 0.5) is 0 Å². The summed E-state index contributed by atoms with van der Waals surface area (Å²) in [4.78, 5) is 0.464. The molecule has 3 nitrogen and oxygen atoms in total. The Labute approximate surface area is 89.7 Å². The summed E-state index contributed by atoms with van der Waals surface area (Å²) in [6, 6.07) is 7.05. The van der Waals surface area contributed by atoms with Crippen LogP contribution >= 0.6 is 0 Å². The minimum Gasteiger partial charge on any atom is -0.306 e. The molecule has 1 N–H and O–H groups in total. The van der Waals surface area contributed by atoms with Gasteiger partial charge in [0, 0.05) is 12.6 Å². The molecule has 1 aromatic carbocycles. The number of benzene rings is 1. The number of fused-ring (bicyclic) bond motifs is 1. The molecular formula is C11H13NO2S. The molecule has 0 bridgehead atoms. The van der Waals surface area contributed by atoms with Crippen molar-refractivity contribution in [1.29, 1.82) is 0 Å². The number of hydrogen-bond acceptors (Lipinski definition) is 3. The molecule has 1 aliphatic heterocycles. The molecule has 0 fully saturated rings. The normalized spacial score (nSPS) is 22.3. The van der Waals surface area contributed by atoms with E-state index in [9.17, 15) is 8.42 Å². The lowest BCUT2D eigenvalue weighted by molar-refractivity contribution is 0.585. The van der Waals surface area contributed by atoms with Gasteiger partial charge in [-0.15, -0.1) is 6.58 Å². The van der Waals surface area contributed by atoms with Gasteiger partial charge in [0.2, 0.25) is 0 Å². The fourth-order valence-electron chi connectivity index (χ4n) is 1.85. The van der Waals surface area contributed by atoms with E-state index < -0.39 is 9.84 Å². The van der Waals surface area contributed by atoms with Gasteiger partial charge in [-0.05, 0) is 11.6 Å². The fourth-order valence-corrected chi connectivity index (χ4v) is 3.62. The predicted octanol–water partition coefficient (Wildman–Crippen LogP) is 1.29. The van der Waals surface area contributed by atoms with Crippen molar-refractivity contribution in [3.05, 3.63) is 42.5 Å². The molecule has 0 aromatic heterocycles. The summed E-state index contributed by atoms with van der Waals surface area (Å²) in [5.74, 6) is 0.153. The van der Waals surface area contributed by atoms with E-state index in [0.29, 0.717) is 11.4 Å². The zero-order chi connectivity index (χ0) is 10.9. The van der Waals surface area contributed by atoms with Crippen molar-refractivity contribution >= 4 is 9.84 Å². The minimum absolute atomic E-state index is 0.0933. The summed E-state index contributed by atoms with van der Waals surface area (Å²) in [6.45, 7) is 4.22. The van der Waals surface area contributed by atoms with Crippen molar-refractivity contribution in [1.82, 2.24) is 5.32 Å². The van der Waals surface area contributed by atoms with Crippen LogP contribution in [-0.4, -0.2) is 20.7 Å². The third-order valence-electron chi connectivity index (χ3n) is 2.52. The highest BCUT2D eigenvalue weighted by atomic mass is 32.2. The van der Waals surface area contributed by atoms with Crippen molar-refractivity contribution in [2.75, 3.05) is 12.3 Å². The Kier molecular flexibility index (Phi) is 2.63. The third kappa shape index (κ3) is 1.82. The van der Waals surface area contributed by atoms with Gasteiger partial charge in [0.15, 0.2) is 9.84 Å². The molecule has 0 radical (unpaired) electrons. The van der Waals surface area contributed by atoms with Crippen LogP contribution in [0.1, 0.15) is 11.6 Å². The highest BCUT2D eigenvalue weighted by Crippen LogP contribution is 2.32. The first-order chi connectivity index (χ1) is 7.15. The van der Waals surface area contributed by atoms with E-state index in [0.717, 1.165) is 5.56 Å². The fraction of sp³-hybridized carbons (Fsp3) is 0.273. The second kappa shape index (κ2) is 3.79. The van der Waals surface area contributed by atoms with Crippen LogP contribution in [0.15, 0.2) is 41.8 Å². The maximum absolute atomic E-state index is 11.8. The molecule has 1 unspecified atom stereocenters. The molecular weight excluding hydrogens is 210 g/mol. The first-order valence-electron chi connectivity index (χ1n) is 4.81. The zero-order valence-corrected chi connectivity index (χ0v) is 9.13. The number of nitrogens with one attached hydrogen (secondary N) is 1. The van der Waals surface area contributed by atoms with Crippen molar-refractivity contribution in [2.45, 2.75) is 10.9 Å². The quantitative estimate of drug-likeness (QED) is 0.785. The molecule has 0 saturated carbocycles. The largest absolute Gasteiger partial charge is 0.306 e. The molecule has 1 aliphatic rings. The Morgan fingerprint density at radius 3 is 2.93 bits per heavy atom. The Balaban J connectivity index is 2.38. The average Bonchev–Trinajstić information content (AvgIpc) is 2.49. The van der Waals surface area contributed by atoms with Gasteiger partial charge in [-0.3, -0.25) is 0 Å². The summed E-state index contributed by atoms with van der Waals surface area (Å²) in [7, 11) is -3.08. The smallest absolute Gasteiger partial charge is 0.180 e. The van der Waals surface area contributed by atoms with Gasteiger partial charge in [0.25, 0.3) is 0 Å². The molecule has 1 aromatic rings. The molecule has 1 atom stereocenters. The zero-order valence-electron chi connectivity index (χ0n) is 8.31. The summed E-state index contributed by atoms with van der Waals surface area (Å²) in [6.07, 6.45) is 1.73. The number of sulfone groups is 1. The van der Waals surface area contributed by atoms with Gasteiger partial charge in [0.05, 0.1) is 10.6 Å². The van der Waals surface area contributed by atoms with Crippen molar-refractivity contribution in [3.8, 4) is 0 Å². The van der Waals surface area contributed by atoms with Crippen molar-refractivity contribution < 1.29 is 8.42 Å². The second-order valence-corrected chi connectivity index (χ2v) is 5.57. The highest BCUT2D eigenvalue weighted by Gasteiger charge is 2.33. The topological polar surface area (TPSA) is 46.2 Å². The van der Waals surface area contributed by atoms with Gasteiger partial charge in [0.1, 0.15) is 0 Å². The number of hydrogen-bond donors (Lipinski definition) is 1. The van der Waals surface area contributed by atoms with E-state index in [1.807, 2.05) is 12.1 Å². The van der Waals surface area contributed by atoms with E-state index in [1.165, 1.54) is 0 Å². The maximum Gasteiger partial charge on any atom is 0.180 e. The maximum atomic E-state index is 11.8. The molecule has 15 heavy (non-hydrogen) atoms. The van der Waals surface area contributed by atoms with Crippen LogP contribution < -0.4 is 5.32 Å². The molecule has 0 spiro atoms. The summed E-state index contributed by atoms with van der Waals surface area (Å²) < 4.78 is 23.5. The first-order valence-corrected chi connectivity index (χ1v) is 6.46. The monoisotopic (exact) mass is 223 g/mol. The summed E-state index contributed by atoms with van der Waals surface area (Å²) in [5.41, 5.74) is 0.874. The summed E-state index contributed by atoms with van der Waals surface area (Å²) >= 11 is 0. The van der Waals surface area contributed by atoms with Gasteiger partial charge in [-0.2, -0.15) is 0 Å². The molecule has 4 heteroatoms. The molecule has 0 saturated heterocycles. The van der Waals surface area contributed by atoms with E-state index in [-0.39, 0.29) is 11.8 Å². The van der Waals surface area contributed by atoms with E-state index in [1.54, 1.807) is 18.2 Å². The van der Waals surface area contributed by atoms with Crippen LogP contribution in [0.3, 0.4) is 0 Å². The van der Waals surface area contributed by atoms with Gasteiger partial charge < -0.3 is 5.32 Å². The van der Waals surface area contributed by atoms with E-state index in [2.05, 4.69) is 11.9 Å². The van der Waals surface area contributed by atoms with Crippen molar-refractivity contribution in [3.63, 3.8) is 0 Å². The van der Waals surface area contributed by atoms with Crippen molar-refractivity contribution in [2.24, 2.45) is 0 Å². The van der Waals surface area contributed by atoms with E-state index in [4.69, 9.17) is 0 Å². The predicted molar refractivity (Wildman–Crippen MR) is 59.4 cm³/mol. The van der Waals surface area contributed by atoms with Crippen LogP contribution in [0.2, 0.25) is 0 Å². The lowest BCUT2D eigenvalue weighted by atomic mass is 10.1. The standard InChI is InChI=1S/C11H13NO2S/c1-2-7-12-10-8-15(13,14)11-6-4-3-5-9(10)11/h2-6,10,12H,1,7-8H2. The molecule has 2 rings (SSSR count). The SMILES string of the molecule is C=CCNC1CS(=O)(=O)c2ccccc21. The molecule has 0 amide bonds. The third-order valence-corrected chi connectivity index (χ3v) is 4.34. The lowest BCUT2D eigenvalue weighted by Crippen LogP contribution is -2.22. The van der Waals surface area contributed by atoms with Crippen LogP contribution in [0, 0.1) is 0 Å². The second-order valence-electron chi connectivity index (χ2n) is 3.57. The average molecular weight is 223 g/mol. The highest BCUT2D eigenvalue weighted by molar-refractivity contribution is 7.91. The lowest BCUT2D eigenvalue weighted by Gasteiger charge is -2.09. The number of rotatable bonds is 3. The Morgan fingerprint density at radius 2 is 2.20 bits per heavy atom. The van der Waals surface area contributed by atoms with E-state index >= 15 is 0 Å². The van der Waals surface area contributed by atoms with Gasteiger partial charge in [-0.25, -0.2) is 8.42 Å². The molecule has 80 valence electrons. The van der Waals surface area contributed by atoms with Gasteiger partial charge >= 0.3 is 0 Å². The first kappa shape index (κ1) is 10.4. The van der Waals surface area contributed by atoms with Gasteiger partial charge in [-0.1, -0.05) is 24.3 Å². The minimum atomic E-state index is -3.08. The molecule has 0 aliphatic carbocycles. The summed E-state index contributed by atoms with van der Waals surface area (Å²) in [5, 5.41) is 3.15. The Morgan fingerprint density at radius 1 is 1.47 bits per heavy atom.